The van der Waals surface area contributed by atoms with E-state index in [-0.39, 0.29) is 0 Å². The van der Waals surface area contributed by atoms with Crippen LogP contribution in [0.15, 0.2) is 0 Å². The summed E-state index contributed by atoms with van der Waals surface area (Å²) in [5, 5.41) is 0. The molecule has 0 radical (unpaired) electrons. The molecule has 2 nitrogen and oxygen atoms in total. The second-order valence-electron chi connectivity index (χ2n) is 2.73. The molecule has 60 valence electrons. The number of halogens is 1. The fraction of sp³-hybridized carbons (Fsp3) is 1.00. The Kier molecular flexibility index (Phi) is 4.65. The second kappa shape index (κ2) is 5.32. The highest BCUT2D eigenvalue weighted by Crippen LogP contribution is 2.17. The van der Waals surface area contributed by atoms with Gasteiger partial charge in [0.15, 0.2) is 0 Å². The van der Waals surface area contributed by atoms with Gasteiger partial charge in [0.2, 0.25) is 0 Å². The van der Waals surface area contributed by atoms with Gasteiger partial charge in [-0.25, -0.2) is 0 Å². The van der Waals surface area contributed by atoms with Gasteiger partial charge in [0, 0.05) is 42.6 Å². The molecule has 1 rings (SSSR count). The van der Waals surface area contributed by atoms with Crippen LogP contribution in [0.5, 0.6) is 0 Å². The van der Waals surface area contributed by atoms with Gasteiger partial charge >= 0.3 is 0 Å². The van der Waals surface area contributed by atoms with Crippen molar-refractivity contribution in [2.45, 2.75) is 19.3 Å². The molecule has 1 N–H and O–H groups in total. The normalized spacial score (nSPS) is 21.3. The minimum Gasteiger partial charge on any atom is -0.381 e. The van der Waals surface area contributed by atoms with Crippen LogP contribution in [-0.4, -0.2) is 19.8 Å². The maximum absolute atomic E-state index is 5.26. The Bertz CT molecular complexity index is 83.7. The molecule has 0 spiro atoms. The van der Waals surface area contributed by atoms with E-state index in [0.717, 1.165) is 25.7 Å². The van der Waals surface area contributed by atoms with Crippen molar-refractivity contribution in [3.05, 3.63) is 0 Å². The maximum Gasteiger partial charge on any atom is 0.0468 e. The molecule has 0 aliphatic carbocycles. The lowest BCUT2D eigenvalue weighted by Gasteiger charge is -2.21. The Morgan fingerprint density at radius 2 is 2.10 bits per heavy atom. The molecule has 0 saturated carbocycles. The third-order valence-corrected chi connectivity index (χ3v) is 2.53. The smallest absolute Gasteiger partial charge is 0.0468 e. The number of hydrogen-bond donors (Lipinski definition) is 1. The predicted molar refractivity (Wildman–Crippen MR) is 50.2 cm³/mol. The molecule has 1 aliphatic heterocycles. The summed E-state index contributed by atoms with van der Waals surface area (Å²) in [6.07, 6.45) is 3.84. The molecule has 0 bridgehead atoms. The minimum absolute atomic E-state index is 0.913. The van der Waals surface area contributed by atoms with E-state index in [4.69, 9.17) is 4.74 Å². The molecular weight excluding hydrogens is 241 g/mol. The van der Waals surface area contributed by atoms with Crippen molar-refractivity contribution >= 4 is 22.9 Å². The van der Waals surface area contributed by atoms with Crippen LogP contribution >= 0.6 is 22.9 Å². The summed E-state index contributed by atoms with van der Waals surface area (Å²) in [7, 11) is 0. The summed E-state index contributed by atoms with van der Waals surface area (Å²) in [4.78, 5) is 0. The summed E-state index contributed by atoms with van der Waals surface area (Å²) >= 11 is 2.20. The van der Waals surface area contributed by atoms with Crippen molar-refractivity contribution in [1.29, 1.82) is 0 Å². The van der Waals surface area contributed by atoms with Crippen LogP contribution in [0.3, 0.4) is 0 Å². The van der Waals surface area contributed by atoms with Gasteiger partial charge in [0.25, 0.3) is 0 Å². The van der Waals surface area contributed by atoms with Gasteiger partial charge in [-0.2, -0.15) is 0 Å². The van der Waals surface area contributed by atoms with Crippen LogP contribution in [-0.2, 0) is 4.74 Å². The molecule has 0 amide bonds. The first-order valence-electron chi connectivity index (χ1n) is 3.84. The molecule has 1 heterocycles. The molecule has 10 heavy (non-hydrogen) atoms. The molecule has 0 atom stereocenters. The van der Waals surface area contributed by atoms with Crippen LogP contribution in [0.4, 0.5) is 0 Å². The largest absolute Gasteiger partial charge is 0.381 e. The molecule has 1 fully saturated rings. The number of ether oxygens (including phenoxy) is 1. The van der Waals surface area contributed by atoms with Crippen molar-refractivity contribution in [3.8, 4) is 0 Å². The van der Waals surface area contributed by atoms with E-state index in [0.29, 0.717) is 0 Å². The lowest BCUT2D eigenvalue weighted by atomic mass is 9.97. The van der Waals surface area contributed by atoms with E-state index in [9.17, 15) is 0 Å². The van der Waals surface area contributed by atoms with E-state index in [1.165, 1.54) is 19.3 Å². The highest BCUT2D eigenvalue weighted by atomic mass is 127. The monoisotopic (exact) mass is 255 g/mol. The van der Waals surface area contributed by atoms with E-state index in [1.54, 1.807) is 0 Å². The van der Waals surface area contributed by atoms with Gasteiger partial charge in [0.05, 0.1) is 0 Å². The molecule has 1 aliphatic rings. The van der Waals surface area contributed by atoms with E-state index in [2.05, 4.69) is 26.4 Å². The van der Waals surface area contributed by atoms with E-state index < -0.39 is 0 Å². The predicted octanol–water partition coefficient (Wildman–Crippen LogP) is 1.74. The van der Waals surface area contributed by atoms with Crippen molar-refractivity contribution in [2.24, 2.45) is 5.92 Å². The van der Waals surface area contributed by atoms with Crippen LogP contribution in [0, 0.1) is 5.92 Å². The van der Waals surface area contributed by atoms with Crippen LogP contribution in [0.1, 0.15) is 19.3 Å². The second-order valence-corrected chi connectivity index (χ2v) is 3.49. The standard InChI is InChI=1S/C7H14INO/c8-9-4-1-7-2-5-10-6-3-7/h7,9H,1-6H2. The van der Waals surface area contributed by atoms with E-state index >= 15 is 0 Å². The zero-order chi connectivity index (χ0) is 7.23. The topological polar surface area (TPSA) is 21.3 Å². The molecule has 3 heteroatoms. The number of hydrogen-bond acceptors (Lipinski definition) is 2. The first-order valence-corrected chi connectivity index (χ1v) is 4.92. The molecule has 0 aromatic rings. The fourth-order valence-corrected chi connectivity index (χ4v) is 1.61. The third-order valence-electron chi connectivity index (χ3n) is 1.99. The average Bonchev–Trinajstić information content (AvgIpc) is 2.03. The molecule has 0 aromatic carbocycles. The molecule has 1 saturated heterocycles. The zero-order valence-electron chi connectivity index (χ0n) is 6.11. The Morgan fingerprint density at radius 3 is 2.70 bits per heavy atom. The maximum atomic E-state index is 5.26. The number of rotatable bonds is 3. The Hall–Kier alpha value is 0.650. The Morgan fingerprint density at radius 1 is 1.40 bits per heavy atom. The van der Waals surface area contributed by atoms with Gasteiger partial charge in [-0.15, -0.1) is 0 Å². The van der Waals surface area contributed by atoms with Crippen molar-refractivity contribution < 1.29 is 4.74 Å². The molecular formula is C7H14INO. The number of nitrogens with one attached hydrogen (secondary N) is 1. The van der Waals surface area contributed by atoms with Crippen molar-refractivity contribution in [3.63, 3.8) is 0 Å². The minimum atomic E-state index is 0.913. The van der Waals surface area contributed by atoms with Gasteiger partial charge in [-0.05, 0) is 25.2 Å². The first-order chi connectivity index (χ1) is 4.93. The quantitative estimate of drug-likeness (QED) is 0.612. The lowest BCUT2D eigenvalue weighted by Crippen LogP contribution is -2.18. The lowest BCUT2D eigenvalue weighted by molar-refractivity contribution is 0.0645. The molecule has 0 unspecified atom stereocenters. The van der Waals surface area contributed by atoms with Gasteiger partial charge in [-0.1, -0.05) is 0 Å². The van der Waals surface area contributed by atoms with Crippen LogP contribution in [0.25, 0.3) is 0 Å². The summed E-state index contributed by atoms with van der Waals surface area (Å²) in [5.74, 6) is 0.913. The molecule has 0 aromatic heterocycles. The van der Waals surface area contributed by atoms with Crippen molar-refractivity contribution in [2.75, 3.05) is 19.8 Å². The summed E-state index contributed by atoms with van der Waals surface area (Å²) in [5.41, 5.74) is 0. The summed E-state index contributed by atoms with van der Waals surface area (Å²) in [6, 6.07) is 0. The van der Waals surface area contributed by atoms with Crippen LogP contribution < -0.4 is 3.53 Å². The van der Waals surface area contributed by atoms with Crippen molar-refractivity contribution in [1.82, 2.24) is 3.53 Å². The fourth-order valence-electron chi connectivity index (χ4n) is 1.29. The van der Waals surface area contributed by atoms with E-state index in [1.807, 2.05) is 0 Å². The average molecular weight is 255 g/mol. The SMILES string of the molecule is INCCC1CCOCC1. The zero-order valence-corrected chi connectivity index (χ0v) is 8.26. The summed E-state index contributed by atoms with van der Waals surface area (Å²) in [6.45, 7) is 3.10. The van der Waals surface area contributed by atoms with Gasteiger partial charge in [0.1, 0.15) is 0 Å². The van der Waals surface area contributed by atoms with Gasteiger partial charge in [-0.3, -0.25) is 3.53 Å². The highest BCUT2D eigenvalue weighted by Gasteiger charge is 2.12. The third kappa shape index (κ3) is 3.16. The van der Waals surface area contributed by atoms with Crippen LogP contribution in [0.2, 0.25) is 0 Å². The summed E-state index contributed by atoms with van der Waals surface area (Å²) < 4.78 is 8.40. The highest BCUT2D eigenvalue weighted by molar-refractivity contribution is 14.1. The Labute approximate surface area is 76.2 Å². The first kappa shape index (κ1) is 8.74. The Balaban J connectivity index is 2.02. The van der Waals surface area contributed by atoms with Gasteiger partial charge < -0.3 is 4.74 Å².